The first-order chi connectivity index (χ1) is 18.1. The van der Waals surface area contributed by atoms with Gasteiger partial charge in [-0.25, -0.2) is 9.50 Å². The summed E-state index contributed by atoms with van der Waals surface area (Å²) in [6.45, 7) is 3.59. The Morgan fingerprint density at radius 2 is 1.46 bits per heavy atom. The van der Waals surface area contributed by atoms with Crippen LogP contribution >= 0.6 is 0 Å². The molecule has 4 rings (SSSR count). The van der Waals surface area contributed by atoms with Crippen LogP contribution in [0.3, 0.4) is 0 Å². The lowest BCUT2D eigenvalue weighted by molar-refractivity contribution is 0.280. The lowest BCUT2D eigenvalue weighted by Gasteiger charge is -2.26. The number of unbranched alkanes of at least 4 members (excludes halogenated alkanes) is 1. The number of methoxy groups -OCH3 is 4. The maximum atomic E-state index is 5.89. The molecule has 2 aromatic carbocycles. The Kier molecular flexibility index (Phi) is 8.50. The normalized spacial score (nSPS) is 10.8. The number of hydrogen-bond acceptors (Lipinski definition) is 9. The molecule has 0 aliphatic rings. The smallest absolute Gasteiger partial charge is 0.336 e. The number of anilines is 1. The SMILES string of the molecule is CCCCOc1nc(N(Cc2ccc(OC)cc2OC)Cc2ccc(OC)cc2OC)c2nccn2n1. The molecule has 10 nitrogen and oxygen atoms in total. The molecule has 0 saturated carbocycles. The standard InChI is InChI=1S/C27H33N5O5/c1-6-7-14-37-27-29-26(25-28-12-13-32(25)30-27)31(17-19-8-10-21(33-2)15-23(19)35-4)18-20-9-11-22(34-3)16-24(20)36-5/h8-13,15-16H,6-7,14,17-18H2,1-5H3. The van der Waals surface area contributed by atoms with E-state index in [9.17, 15) is 0 Å². The summed E-state index contributed by atoms with van der Waals surface area (Å²) >= 11 is 0. The molecule has 0 radical (unpaired) electrons. The Hall–Kier alpha value is -4.21. The van der Waals surface area contributed by atoms with Crippen LogP contribution in [0.2, 0.25) is 0 Å². The topological polar surface area (TPSA) is 92.5 Å². The quantitative estimate of drug-likeness (QED) is 0.242. The van der Waals surface area contributed by atoms with Gasteiger partial charge in [0.15, 0.2) is 11.5 Å². The molecule has 37 heavy (non-hydrogen) atoms. The van der Waals surface area contributed by atoms with Gasteiger partial charge in [0.2, 0.25) is 0 Å². The highest BCUT2D eigenvalue weighted by molar-refractivity contribution is 5.65. The first-order valence-electron chi connectivity index (χ1n) is 12.1. The minimum absolute atomic E-state index is 0.294. The van der Waals surface area contributed by atoms with Gasteiger partial charge in [0, 0.05) is 48.7 Å². The van der Waals surface area contributed by atoms with Crippen LogP contribution < -0.4 is 28.6 Å². The molecule has 0 aliphatic heterocycles. The van der Waals surface area contributed by atoms with Crippen molar-refractivity contribution in [2.45, 2.75) is 32.9 Å². The molecule has 0 spiro atoms. The Bertz CT molecular complexity index is 1270. The van der Waals surface area contributed by atoms with E-state index in [4.69, 9.17) is 28.7 Å². The van der Waals surface area contributed by atoms with Gasteiger partial charge in [0.1, 0.15) is 23.0 Å². The fourth-order valence-corrected chi connectivity index (χ4v) is 3.96. The molecule has 0 unspecified atom stereocenters. The molecule has 0 amide bonds. The number of nitrogens with zero attached hydrogens (tertiary/aromatic N) is 5. The maximum absolute atomic E-state index is 5.89. The number of imidazole rings is 1. The lowest BCUT2D eigenvalue weighted by Crippen LogP contribution is -2.25. The van der Waals surface area contributed by atoms with E-state index in [0.29, 0.717) is 60.2 Å². The first-order valence-corrected chi connectivity index (χ1v) is 12.1. The van der Waals surface area contributed by atoms with Crippen LogP contribution in [0, 0.1) is 0 Å². The summed E-state index contributed by atoms with van der Waals surface area (Å²) in [6.07, 6.45) is 5.41. The Labute approximate surface area is 216 Å². The first kappa shape index (κ1) is 25.9. The highest BCUT2D eigenvalue weighted by Gasteiger charge is 2.21. The molecule has 0 aliphatic carbocycles. The largest absolute Gasteiger partial charge is 0.497 e. The van der Waals surface area contributed by atoms with Crippen molar-refractivity contribution in [1.82, 2.24) is 19.6 Å². The molecule has 0 atom stereocenters. The molecule has 2 heterocycles. The van der Waals surface area contributed by atoms with E-state index in [0.717, 1.165) is 24.0 Å². The second-order valence-electron chi connectivity index (χ2n) is 8.33. The van der Waals surface area contributed by atoms with E-state index in [1.165, 1.54) is 0 Å². The van der Waals surface area contributed by atoms with Crippen molar-refractivity contribution >= 4 is 11.5 Å². The molecule has 0 fully saturated rings. The van der Waals surface area contributed by atoms with Crippen LogP contribution in [0.25, 0.3) is 5.65 Å². The van der Waals surface area contributed by atoms with Crippen molar-refractivity contribution in [3.8, 4) is 29.0 Å². The molecule has 10 heteroatoms. The second kappa shape index (κ2) is 12.2. The third-order valence-corrected chi connectivity index (χ3v) is 5.96. The van der Waals surface area contributed by atoms with Crippen molar-refractivity contribution in [2.75, 3.05) is 39.9 Å². The van der Waals surface area contributed by atoms with E-state index in [1.54, 1.807) is 45.3 Å². The summed E-state index contributed by atoms with van der Waals surface area (Å²) in [4.78, 5) is 11.4. The summed E-state index contributed by atoms with van der Waals surface area (Å²) in [5, 5.41) is 4.49. The molecular weight excluding hydrogens is 474 g/mol. The van der Waals surface area contributed by atoms with Crippen LogP contribution in [0.15, 0.2) is 48.8 Å². The number of ether oxygens (including phenoxy) is 5. The van der Waals surface area contributed by atoms with Gasteiger partial charge in [-0.3, -0.25) is 0 Å². The summed E-state index contributed by atoms with van der Waals surface area (Å²) < 4.78 is 29.7. The molecule has 0 bridgehead atoms. The Morgan fingerprint density at radius 1 is 0.838 bits per heavy atom. The average molecular weight is 508 g/mol. The Morgan fingerprint density at radius 3 is 2.00 bits per heavy atom. The van der Waals surface area contributed by atoms with Gasteiger partial charge in [0.25, 0.3) is 0 Å². The maximum Gasteiger partial charge on any atom is 0.336 e. The summed E-state index contributed by atoms with van der Waals surface area (Å²) in [7, 11) is 6.55. The van der Waals surface area contributed by atoms with Crippen LogP contribution in [-0.4, -0.2) is 54.6 Å². The third-order valence-electron chi connectivity index (χ3n) is 5.96. The van der Waals surface area contributed by atoms with Gasteiger partial charge in [-0.1, -0.05) is 13.3 Å². The summed E-state index contributed by atoms with van der Waals surface area (Å²) in [5.74, 6) is 3.47. The van der Waals surface area contributed by atoms with Gasteiger partial charge >= 0.3 is 6.01 Å². The predicted octanol–water partition coefficient (Wildman–Crippen LogP) is 4.54. The fraction of sp³-hybridized carbons (Fsp3) is 0.370. The molecule has 196 valence electrons. The summed E-state index contributed by atoms with van der Waals surface area (Å²) in [5.41, 5.74) is 2.52. The Balaban J connectivity index is 1.80. The molecule has 2 aromatic heterocycles. The van der Waals surface area contributed by atoms with Crippen LogP contribution in [0.1, 0.15) is 30.9 Å². The minimum Gasteiger partial charge on any atom is -0.497 e. The van der Waals surface area contributed by atoms with Gasteiger partial charge in [-0.05, 0) is 30.7 Å². The number of fused-ring (bicyclic) bond motifs is 1. The number of hydrogen-bond donors (Lipinski definition) is 0. The van der Waals surface area contributed by atoms with Crippen LogP contribution in [0.4, 0.5) is 5.82 Å². The predicted molar refractivity (Wildman–Crippen MR) is 140 cm³/mol. The average Bonchev–Trinajstić information content (AvgIpc) is 3.41. The van der Waals surface area contributed by atoms with Gasteiger partial charge in [-0.2, -0.15) is 4.98 Å². The summed E-state index contributed by atoms with van der Waals surface area (Å²) in [6, 6.07) is 11.8. The second-order valence-corrected chi connectivity index (χ2v) is 8.33. The molecule has 0 N–H and O–H groups in total. The minimum atomic E-state index is 0.294. The number of benzene rings is 2. The van der Waals surface area contributed by atoms with Crippen molar-refractivity contribution in [3.63, 3.8) is 0 Å². The third kappa shape index (κ3) is 5.96. The highest BCUT2D eigenvalue weighted by Crippen LogP contribution is 2.32. The number of aromatic nitrogens is 4. The van der Waals surface area contributed by atoms with Crippen molar-refractivity contribution < 1.29 is 23.7 Å². The zero-order chi connectivity index (χ0) is 26.2. The zero-order valence-electron chi connectivity index (χ0n) is 21.9. The van der Waals surface area contributed by atoms with Crippen molar-refractivity contribution in [3.05, 3.63) is 59.9 Å². The van der Waals surface area contributed by atoms with E-state index in [1.807, 2.05) is 36.4 Å². The van der Waals surface area contributed by atoms with E-state index < -0.39 is 0 Å². The van der Waals surface area contributed by atoms with E-state index in [2.05, 4.69) is 21.9 Å². The van der Waals surface area contributed by atoms with Gasteiger partial charge < -0.3 is 28.6 Å². The molecular formula is C27H33N5O5. The van der Waals surface area contributed by atoms with Crippen LogP contribution in [-0.2, 0) is 13.1 Å². The fourth-order valence-electron chi connectivity index (χ4n) is 3.96. The van der Waals surface area contributed by atoms with E-state index in [-0.39, 0.29) is 0 Å². The monoisotopic (exact) mass is 507 g/mol. The lowest BCUT2D eigenvalue weighted by atomic mass is 10.1. The number of rotatable bonds is 13. The molecule has 4 aromatic rings. The van der Waals surface area contributed by atoms with E-state index >= 15 is 0 Å². The highest BCUT2D eigenvalue weighted by atomic mass is 16.5. The van der Waals surface area contributed by atoms with Crippen molar-refractivity contribution in [2.24, 2.45) is 0 Å². The van der Waals surface area contributed by atoms with Gasteiger partial charge in [-0.15, -0.1) is 5.10 Å². The van der Waals surface area contributed by atoms with Crippen LogP contribution in [0.5, 0.6) is 29.0 Å². The molecule has 0 saturated heterocycles. The van der Waals surface area contributed by atoms with Gasteiger partial charge in [0.05, 0.1) is 35.0 Å². The zero-order valence-corrected chi connectivity index (χ0v) is 21.9. The van der Waals surface area contributed by atoms with Crippen molar-refractivity contribution in [1.29, 1.82) is 0 Å².